The first kappa shape index (κ1) is 15.3. The van der Waals surface area contributed by atoms with Crippen molar-refractivity contribution < 1.29 is 9.53 Å². The normalized spacial score (nSPS) is 11.7. The lowest BCUT2D eigenvalue weighted by Crippen LogP contribution is -2.16. The van der Waals surface area contributed by atoms with E-state index < -0.39 is 6.09 Å². The Labute approximate surface area is 115 Å². The van der Waals surface area contributed by atoms with E-state index in [9.17, 15) is 4.79 Å². The smallest absolute Gasteiger partial charge is 0.411 e. The van der Waals surface area contributed by atoms with Crippen LogP contribution in [0.4, 0.5) is 10.5 Å². The van der Waals surface area contributed by atoms with Crippen LogP contribution in [0.5, 0.6) is 0 Å². The van der Waals surface area contributed by atoms with Crippen molar-refractivity contribution in [3.8, 4) is 0 Å². The third-order valence-corrected chi connectivity index (χ3v) is 2.82. The molecule has 1 unspecified atom stereocenters. The Hall–Kier alpha value is -1.74. The molecule has 1 aromatic rings. The molecule has 0 aliphatic heterocycles. The quantitative estimate of drug-likeness (QED) is 0.524. The largest absolute Gasteiger partial charge is 0.453 e. The fourth-order valence-corrected chi connectivity index (χ4v) is 1.76. The maximum absolute atomic E-state index is 11.2. The third-order valence-electron chi connectivity index (χ3n) is 2.34. The molecular weight excluding hydrogens is 261 g/mol. The lowest BCUT2D eigenvalue weighted by molar-refractivity contribution is 0.187. The highest BCUT2D eigenvalue weighted by Crippen LogP contribution is 2.12. The molecule has 0 saturated heterocycles. The van der Waals surface area contributed by atoms with Gasteiger partial charge in [0.05, 0.1) is 12.8 Å². The molecule has 1 rings (SSSR count). The minimum absolute atomic E-state index is 0.496. The summed E-state index contributed by atoms with van der Waals surface area (Å²) in [5.41, 5.74) is 1.57. The van der Waals surface area contributed by atoms with Crippen LogP contribution in [0.1, 0.15) is 18.9 Å². The molecule has 1 N–H and O–H groups in total. The van der Waals surface area contributed by atoms with E-state index in [4.69, 9.17) is 0 Å². The lowest BCUT2D eigenvalue weighted by atomic mass is 10.2. The summed E-state index contributed by atoms with van der Waals surface area (Å²) in [6.07, 6.45) is 2.17. The van der Waals surface area contributed by atoms with Gasteiger partial charge in [0.1, 0.15) is 0 Å². The van der Waals surface area contributed by atoms with Gasteiger partial charge < -0.3 is 4.74 Å². The van der Waals surface area contributed by atoms with E-state index in [1.807, 2.05) is 25.3 Å². The summed E-state index contributed by atoms with van der Waals surface area (Å²) in [6.45, 7) is 2.02. The van der Waals surface area contributed by atoms with Gasteiger partial charge >= 0.3 is 6.09 Å². The highest BCUT2D eigenvalue weighted by atomic mass is 31.0. The summed E-state index contributed by atoms with van der Waals surface area (Å²) < 4.78 is 4.55. The summed E-state index contributed by atoms with van der Waals surface area (Å²) in [7, 11) is 5.60. The second kappa shape index (κ2) is 7.64. The van der Waals surface area contributed by atoms with Gasteiger partial charge in [-0.3, -0.25) is 10.3 Å². The molecule has 0 saturated carbocycles. The maximum atomic E-state index is 11.2. The number of hydrogen-bond donors (Lipinski definition) is 1. The van der Waals surface area contributed by atoms with Gasteiger partial charge in [-0.1, -0.05) is 6.92 Å². The number of carbonyl (C=O) groups excluding carboxylic acids is 1. The average molecular weight is 279 g/mol. The van der Waals surface area contributed by atoms with Crippen LogP contribution in [0.25, 0.3) is 0 Å². The van der Waals surface area contributed by atoms with Crippen molar-refractivity contribution in [1.29, 1.82) is 0 Å². The highest BCUT2D eigenvalue weighted by molar-refractivity contribution is 7.28. The Morgan fingerprint density at radius 1 is 1.53 bits per heavy atom. The molecule has 1 amide bonds. The number of carbonyl (C=O) groups is 1. The number of amides is 1. The van der Waals surface area contributed by atoms with Crippen LogP contribution in [0.15, 0.2) is 28.2 Å². The molecular formula is C13H18N3O2P. The molecule has 19 heavy (non-hydrogen) atoms. The van der Waals surface area contributed by atoms with E-state index >= 15 is 0 Å². The molecule has 0 fully saturated rings. The van der Waals surface area contributed by atoms with E-state index in [2.05, 4.69) is 29.3 Å². The predicted octanol–water partition coefficient (Wildman–Crippen LogP) is 2.22. The monoisotopic (exact) mass is 279 g/mol. The molecule has 0 aliphatic rings. The number of benzene rings is 1. The Balaban J connectivity index is 2.98. The van der Waals surface area contributed by atoms with Gasteiger partial charge in [-0.15, -0.1) is 9.24 Å². The summed E-state index contributed by atoms with van der Waals surface area (Å²) in [4.78, 5) is 19.6. The lowest BCUT2D eigenvalue weighted by Gasteiger charge is -2.09. The van der Waals surface area contributed by atoms with Crippen LogP contribution in [0.3, 0.4) is 0 Å². The van der Waals surface area contributed by atoms with Gasteiger partial charge in [0.25, 0.3) is 0 Å². The minimum atomic E-state index is -0.496. The number of hydrogen-bond acceptors (Lipinski definition) is 3. The molecule has 0 heterocycles. The Bertz CT molecular complexity index is 513. The summed E-state index contributed by atoms with van der Waals surface area (Å²) in [6, 6.07) is 5.54. The zero-order chi connectivity index (χ0) is 14.3. The van der Waals surface area contributed by atoms with E-state index in [0.717, 1.165) is 17.3 Å². The van der Waals surface area contributed by atoms with Gasteiger partial charge in [-0.25, -0.2) is 9.79 Å². The number of amidine groups is 1. The van der Waals surface area contributed by atoms with Crippen LogP contribution in [-0.4, -0.2) is 32.3 Å². The molecule has 0 aromatic heterocycles. The van der Waals surface area contributed by atoms with Crippen LogP contribution in [0, 0.1) is 0 Å². The Kier molecular flexibility index (Phi) is 6.16. The predicted molar refractivity (Wildman–Crippen MR) is 83.1 cm³/mol. The number of ether oxygens (including phenoxy) is 1. The van der Waals surface area contributed by atoms with Crippen molar-refractivity contribution >= 4 is 38.4 Å². The standard InChI is InChI=1S/C13H18N3O2P/c1-4-7-15-12(14-2)9-5-6-10(11(19)8-9)16-13(17)18-3/h5-8H,4,19H2,1-3H3,(H,16,17). The minimum Gasteiger partial charge on any atom is -0.453 e. The second-order valence-corrected chi connectivity index (χ2v) is 4.31. The molecule has 0 spiro atoms. The molecule has 1 aromatic carbocycles. The first-order chi connectivity index (χ1) is 9.12. The van der Waals surface area contributed by atoms with Crippen molar-refractivity contribution in [3.05, 3.63) is 23.8 Å². The Morgan fingerprint density at radius 2 is 2.26 bits per heavy atom. The number of aliphatic imine (C=N–C) groups is 2. The number of rotatable bonds is 3. The molecule has 1 atom stereocenters. The average Bonchev–Trinajstić information content (AvgIpc) is 2.42. The fourth-order valence-electron chi connectivity index (χ4n) is 1.42. The summed E-state index contributed by atoms with van der Waals surface area (Å²) >= 11 is 0. The van der Waals surface area contributed by atoms with Crippen molar-refractivity contribution in [1.82, 2.24) is 0 Å². The Morgan fingerprint density at radius 3 is 2.79 bits per heavy atom. The zero-order valence-electron chi connectivity index (χ0n) is 11.3. The number of anilines is 1. The van der Waals surface area contributed by atoms with E-state index in [1.54, 1.807) is 13.1 Å². The van der Waals surface area contributed by atoms with Crippen molar-refractivity contribution in [2.24, 2.45) is 9.98 Å². The molecule has 5 nitrogen and oxygen atoms in total. The van der Waals surface area contributed by atoms with Crippen LogP contribution in [-0.2, 0) is 4.74 Å². The van der Waals surface area contributed by atoms with Crippen molar-refractivity contribution in [2.45, 2.75) is 13.3 Å². The van der Waals surface area contributed by atoms with Gasteiger partial charge in [0.2, 0.25) is 0 Å². The second-order valence-electron chi connectivity index (χ2n) is 3.69. The summed E-state index contributed by atoms with van der Waals surface area (Å²) in [5.74, 6) is 0.662. The first-order valence-corrected chi connectivity index (χ1v) is 6.44. The molecule has 0 radical (unpaired) electrons. The molecule has 102 valence electrons. The van der Waals surface area contributed by atoms with Gasteiger partial charge in [-0.2, -0.15) is 0 Å². The van der Waals surface area contributed by atoms with Gasteiger partial charge in [0.15, 0.2) is 5.84 Å². The van der Waals surface area contributed by atoms with Crippen LogP contribution < -0.4 is 10.6 Å². The zero-order valence-corrected chi connectivity index (χ0v) is 12.5. The maximum Gasteiger partial charge on any atom is 0.411 e. The summed E-state index contributed by atoms with van der Waals surface area (Å²) in [5, 5.41) is 3.47. The van der Waals surface area contributed by atoms with Crippen molar-refractivity contribution in [2.75, 3.05) is 19.5 Å². The number of nitrogens with one attached hydrogen (secondary N) is 1. The fraction of sp³-hybridized carbons (Fsp3) is 0.308. The highest BCUT2D eigenvalue weighted by Gasteiger charge is 2.07. The van der Waals surface area contributed by atoms with Crippen molar-refractivity contribution in [3.63, 3.8) is 0 Å². The SMILES string of the molecule is CCC=NC(=NC)c1ccc(NC(=O)OC)c(P)c1. The third kappa shape index (κ3) is 4.45. The van der Waals surface area contributed by atoms with Crippen LogP contribution >= 0.6 is 9.24 Å². The van der Waals surface area contributed by atoms with E-state index in [-0.39, 0.29) is 0 Å². The van der Waals surface area contributed by atoms with Crippen LogP contribution in [0.2, 0.25) is 0 Å². The van der Waals surface area contributed by atoms with Gasteiger partial charge in [0, 0.05) is 18.8 Å². The molecule has 0 bridgehead atoms. The topological polar surface area (TPSA) is 63.0 Å². The molecule has 0 aliphatic carbocycles. The van der Waals surface area contributed by atoms with Gasteiger partial charge in [-0.05, 0) is 29.9 Å². The first-order valence-electron chi connectivity index (χ1n) is 5.86. The van der Waals surface area contributed by atoms with E-state index in [1.165, 1.54) is 7.11 Å². The molecule has 6 heteroatoms. The number of nitrogens with zero attached hydrogens (tertiary/aromatic N) is 2. The van der Waals surface area contributed by atoms with E-state index in [0.29, 0.717) is 11.5 Å². The number of methoxy groups -OCH3 is 1.